The van der Waals surface area contributed by atoms with Crippen LogP contribution < -0.4 is 4.90 Å². The minimum absolute atomic E-state index is 0.0749. The highest BCUT2D eigenvalue weighted by molar-refractivity contribution is 4.66. The summed E-state index contributed by atoms with van der Waals surface area (Å²) in [4.78, 5) is 1.01. The fourth-order valence-corrected chi connectivity index (χ4v) is 2.52. The molecule has 5 heteroatoms. The standard InChI is InChI=1S/C13H27NO4/c15-8-6-14(7-9-16)10-12(17)11-18-13-4-2-1-3-5-13/h12-13,15-17H,1-11H2/p+1/t12-/m1/s1. The van der Waals surface area contributed by atoms with Gasteiger partial charge in [-0.25, -0.2) is 0 Å². The van der Waals surface area contributed by atoms with E-state index in [2.05, 4.69) is 0 Å². The molecule has 1 fully saturated rings. The molecule has 18 heavy (non-hydrogen) atoms. The van der Waals surface area contributed by atoms with Gasteiger partial charge in [-0.05, 0) is 12.8 Å². The lowest BCUT2D eigenvalue weighted by Crippen LogP contribution is -3.14. The summed E-state index contributed by atoms with van der Waals surface area (Å²) < 4.78 is 5.71. The highest BCUT2D eigenvalue weighted by Gasteiger charge is 2.18. The molecular formula is C13H28NO4+. The Balaban J connectivity index is 2.15. The molecule has 0 aromatic heterocycles. The summed E-state index contributed by atoms with van der Waals surface area (Å²) in [7, 11) is 0. The number of rotatable bonds is 9. The number of aliphatic hydroxyl groups is 3. The first-order valence-corrected chi connectivity index (χ1v) is 7.11. The van der Waals surface area contributed by atoms with Gasteiger partial charge in [0.25, 0.3) is 0 Å². The quantitative estimate of drug-likeness (QED) is 0.411. The van der Waals surface area contributed by atoms with Crippen LogP contribution in [-0.2, 0) is 4.74 Å². The molecule has 0 bridgehead atoms. The van der Waals surface area contributed by atoms with Crippen molar-refractivity contribution in [2.45, 2.75) is 44.3 Å². The summed E-state index contributed by atoms with van der Waals surface area (Å²) in [5.74, 6) is 0. The van der Waals surface area contributed by atoms with E-state index in [4.69, 9.17) is 14.9 Å². The van der Waals surface area contributed by atoms with E-state index in [0.29, 0.717) is 32.3 Å². The first-order valence-electron chi connectivity index (χ1n) is 7.11. The van der Waals surface area contributed by atoms with Crippen molar-refractivity contribution in [1.82, 2.24) is 0 Å². The van der Waals surface area contributed by atoms with Crippen molar-refractivity contribution in [3.8, 4) is 0 Å². The van der Waals surface area contributed by atoms with Crippen LogP contribution >= 0.6 is 0 Å². The predicted molar refractivity (Wildman–Crippen MR) is 68.6 cm³/mol. The Morgan fingerprint density at radius 2 is 1.67 bits per heavy atom. The molecule has 0 unspecified atom stereocenters. The van der Waals surface area contributed by atoms with Crippen molar-refractivity contribution >= 4 is 0 Å². The van der Waals surface area contributed by atoms with Gasteiger partial charge in [-0.1, -0.05) is 19.3 Å². The largest absolute Gasteiger partial charge is 0.391 e. The molecule has 0 aliphatic heterocycles. The normalized spacial score (nSPS) is 19.3. The summed E-state index contributed by atoms with van der Waals surface area (Å²) >= 11 is 0. The molecule has 1 saturated carbocycles. The fraction of sp³-hybridized carbons (Fsp3) is 1.00. The molecule has 5 nitrogen and oxygen atoms in total. The van der Waals surface area contributed by atoms with Gasteiger partial charge < -0.3 is 25.0 Å². The van der Waals surface area contributed by atoms with Crippen LogP contribution in [0.4, 0.5) is 0 Å². The third-order valence-corrected chi connectivity index (χ3v) is 3.53. The molecule has 0 radical (unpaired) electrons. The maximum atomic E-state index is 9.89. The summed E-state index contributed by atoms with van der Waals surface area (Å²) in [5.41, 5.74) is 0. The second-order valence-corrected chi connectivity index (χ2v) is 5.15. The van der Waals surface area contributed by atoms with Crippen molar-refractivity contribution < 1.29 is 25.0 Å². The molecule has 4 N–H and O–H groups in total. The molecule has 1 aliphatic rings. The molecule has 1 aliphatic carbocycles. The summed E-state index contributed by atoms with van der Waals surface area (Å²) in [6.07, 6.45) is 5.77. The van der Waals surface area contributed by atoms with Crippen molar-refractivity contribution in [2.24, 2.45) is 0 Å². The average Bonchev–Trinajstić information content (AvgIpc) is 2.38. The number of ether oxygens (including phenoxy) is 1. The van der Waals surface area contributed by atoms with Crippen LogP contribution in [0.3, 0.4) is 0 Å². The highest BCUT2D eigenvalue weighted by atomic mass is 16.5. The van der Waals surface area contributed by atoms with Gasteiger partial charge in [0.15, 0.2) is 0 Å². The third-order valence-electron chi connectivity index (χ3n) is 3.53. The third kappa shape index (κ3) is 6.66. The van der Waals surface area contributed by atoms with Gasteiger partial charge >= 0.3 is 0 Å². The van der Waals surface area contributed by atoms with E-state index in [1.165, 1.54) is 19.3 Å². The number of quaternary nitrogens is 1. The molecule has 1 rings (SSSR count). The maximum absolute atomic E-state index is 9.89. The summed E-state index contributed by atoms with van der Waals surface area (Å²) in [5, 5.41) is 27.7. The van der Waals surface area contributed by atoms with Crippen molar-refractivity contribution in [3.63, 3.8) is 0 Å². The number of hydrogen-bond acceptors (Lipinski definition) is 4. The molecule has 108 valence electrons. The number of hydrogen-bond donors (Lipinski definition) is 4. The van der Waals surface area contributed by atoms with Crippen LogP contribution in [0.25, 0.3) is 0 Å². The Kier molecular flexibility index (Phi) is 8.54. The highest BCUT2D eigenvalue weighted by Crippen LogP contribution is 2.20. The van der Waals surface area contributed by atoms with E-state index in [-0.39, 0.29) is 13.2 Å². The molecule has 1 atom stereocenters. The van der Waals surface area contributed by atoms with Gasteiger partial charge in [0.1, 0.15) is 25.7 Å². The Morgan fingerprint density at radius 3 is 2.22 bits per heavy atom. The van der Waals surface area contributed by atoms with E-state index in [1.807, 2.05) is 0 Å². The van der Waals surface area contributed by atoms with E-state index in [1.54, 1.807) is 0 Å². The molecule has 0 aromatic carbocycles. The van der Waals surface area contributed by atoms with E-state index in [0.717, 1.165) is 17.7 Å². The van der Waals surface area contributed by atoms with Crippen LogP contribution in [0.5, 0.6) is 0 Å². The van der Waals surface area contributed by atoms with Crippen LogP contribution in [0, 0.1) is 0 Å². The van der Waals surface area contributed by atoms with E-state index < -0.39 is 6.10 Å². The van der Waals surface area contributed by atoms with Gasteiger partial charge in [0.05, 0.1) is 25.9 Å². The molecule has 0 spiro atoms. The van der Waals surface area contributed by atoms with E-state index >= 15 is 0 Å². The van der Waals surface area contributed by atoms with Crippen molar-refractivity contribution in [3.05, 3.63) is 0 Å². The Bertz CT molecular complexity index is 191. The number of nitrogens with one attached hydrogen (secondary N) is 1. The zero-order valence-electron chi connectivity index (χ0n) is 11.2. The monoisotopic (exact) mass is 262 g/mol. The lowest BCUT2D eigenvalue weighted by Gasteiger charge is -2.25. The maximum Gasteiger partial charge on any atom is 0.126 e. The average molecular weight is 262 g/mol. The molecule has 0 amide bonds. The molecular weight excluding hydrogens is 234 g/mol. The van der Waals surface area contributed by atoms with Crippen molar-refractivity contribution in [1.29, 1.82) is 0 Å². The first-order chi connectivity index (χ1) is 8.76. The molecule has 0 saturated heterocycles. The molecule has 0 aromatic rings. The second-order valence-electron chi connectivity index (χ2n) is 5.15. The lowest BCUT2D eigenvalue weighted by atomic mass is 9.98. The fourth-order valence-electron chi connectivity index (χ4n) is 2.52. The Morgan fingerprint density at radius 1 is 1.06 bits per heavy atom. The Labute approximate surface area is 109 Å². The van der Waals surface area contributed by atoms with Crippen LogP contribution in [-0.4, -0.2) is 67.0 Å². The summed E-state index contributed by atoms with van der Waals surface area (Å²) in [6.45, 7) is 2.15. The first kappa shape index (κ1) is 15.9. The SMILES string of the molecule is OCC[NH+](CCO)C[C@@H](O)COC1CCCCC1. The minimum Gasteiger partial charge on any atom is -0.391 e. The van der Waals surface area contributed by atoms with Crippen LogP contribution in [0.15, 0.2) is 0 Å². The van der Waals surface area contributed by atoms with Crippen LogP contribution in [0.1, 0.15) is 32.1 Å². The molecule has 0 heterocycles. The van der Waals surface area contributed by atoms with E-state index in [9.17, 15) is 5.11 Å². The smallest absolute Gasteiger partial charge is 0.126 e. The Hall–Kier alpha value is -0.200. The predicted octanol–water partition coefficient (Wildman–Crippen LogP) is -1.43. The summed E-state index contributed by atoms with van der Waals surface area (Å²) in [6, 6.07) is 0. The van der Waals surface area contributed by atoms with Crippen LogP contribution in [0.2, 0.25) is 0 Å². The second kappa shape index (κ2) is 9.69. The van der Waals surface area contributed by atoms with Gasteiger partial charge in [0.2, 0.25) is 0 Å². The van der Waals surface area contributed by atoms with Gasteiger partial charge in [0, 0.05) is 0 Å². The zero-order chi connectivity index (χ0) is 13.2. The van der Waals surface area contributed by atoms with Crippen molar-refractivity contribution in [2.75, 3.05) is 39.5 Å². The van der Waals surface area contributed by atoms with Gasteiger partial charge in [-0.15, -0.1) is 0 Å². The minimum atomic E-state index is -0.514. The zero-order valence-corrected chi connectivity index (χ0v) is 11.2. The topological polar surface area (TPSA) is 74.4 Å². The van der Waals surface area contributed by atoms with Gasteiger partial charge in [-0.3, -0.25) is 0 Å². The van der Waals surface area contributed by atoms with Gasteiger partial charge in [-0.2, -0.15) is 0 Å². The number of aliphatic hydroxyl groups excluding tert-OH is 3. The lowest BCUT2D eigenvalue weighted by molar-refractivity contribution is -0.904.